The Bertz CT molecular complexity index is 1390. The highest BCUT2D eigenvalue weighted by molar-refractivity contribution is 6.98. The van der Waals surface area contributed by atoms with Crippen LogP contribution >= 0.6 is 0 Å². The monoisotopic (exact) mass is 657 g/mol. The molecular weight excluding hydrogens is 599 g/mol. The number of hydrogen-bond donors (Lipinski definition) is 1. The van der Waals surface area contributed by atoms with E-state index in [1.165, 1.54) is 50.5 Å². The van der Waals surface area contributed by atoms with E-state index in [1.807, 2.05) is 57.2 Å². The SMILES string of the molecule is CCC(CC)CC1CC(c2onc(C(CCCC(C)(C)[Si](O)(c3ccccc3)c3ccccc3)CC(=O)OC(C)(C)C)c2C2CC2)C1. The smallest absolute Gasteiger partial charge is 0.306 e. The van der Waals surface area contributed by atoms with Crippen LogP contribution in [0.1, 0.15) is 154 Å². The molecule has 0 saturated heterocycles. The minimum atomic E-state index is -3.12. The number of aromatic nitrogens is 1. The van der Waals surface area contributed by atoms with Gasteiger partial charge in [0.25, 0.3) is 8.32 Å². The predicted octanol–water partition coefficient (Wildman–Crippen LogP) is 9.39. The van der Waals surface area contributed by atoms with Gasteiger partial charge in [0.2, 0.25) is 0 Å². The van der Waals surface area contributed by atoms with Crippen molar-refractivity contribution >= 4 is 24.7 Å². The molecule has 1 aromatic heterocycles. The molecule has 5 nitrogen and oxygen atoms in total. The fraction of sp³-hybridized carbons (Fsp3) is 0.610. The van der Waals surface area contributed by atoms with Gasteiger partial charge in [0.15, 0.2) is 0 Å². The minimum Gasteiger partial charge on any atom is -0.460 e. The molecule has 0 amide bonds. The average molecular weight is 658 g/mol. The molecule has 3 aromatic rings. The Hall–Kier alpha value is -2.70. The summed E-state index contributed by atoms with van der Waals surface area (Å²) in [6, 6.07) is 20.5. The van der Waals surface area contributed by atoms with Crippen molar-refractivity contribution in [2.45, 2.75) is 147 Å². The normalized spacial score (nSPS) is 19.4. The zero-order chi connectivity index (χ0) is 33.8. The number of ether oxygens (including phenoxy) is 1. The molecule has 1 unspecified atom stereocenters. The van der Waals surface area contributed by atoms with Crippen LogP contribution in [0.15, 0.2) is 65.2 Å². The van der Waals surface area contributed by atoms with E-state index < -0.39 is 13.9 Å². The molecule has 0 radical (unpaired) electrons. The zero-order valence-electron chi connectivity index (χ0n) is 30.1. The highest BCUT2D eigenvalue weighted by atomic mass is 28.4. The first kappa shape index (κ1) is 35.6. The summed E-state index contributed by atoms with van der Waals surface area (Å²) in [5.41, 5.74) is 1.76. The lowest BCUT2D eigenvalue weighted by molar-refractivity contribution is -0.155. The van der Waals surface area contributed by atoms with Crippen molar-refractivity contribution in [2.24, 2.45) is 11.8 Å². The van der Waals surface area contributed by atoms with Crippen LogP contribution in [-0.4, -0.2) is 29.8 Å². The van der Waals surface area contributed by atoms with Crippen LogP contribution in [0.25, 0.3) is 0 Å². The molecule has 47 heavy (non-hydrogen) atoms. The standard InChI is InChI=1S/C41H59NO4Si/c1-8-29(9-2)25-30-26-33(27-30)39-37(31-22-23-31)38(42-46-39)32(28-36(43)45-40(3,4)5)17-16-24-41(6,7)47(44,34-18-12-10-13-19-34)35-20-14-11-15-21-35/h10-15,18-21,29-33,44H,8-9,16-17,22-28H2,1-7H3. The van der Waals surface area contributed by atoms with Gasteiger partial charge in [-0.2, -0.15) is 0 Å². The van der Waals surface area contributed by atoms with Crippen molar-refractivity contribution in [2.75, 3.05) is 0 Å². The molecule has 5 rings (SSSR count). The van der Waals surface area contributed by atoms with Crippen molar-refractivity contribution in [1.29, 1.82) is 0 Å². The summed E-state index contributed by atoms with van der Waals surface area (Å²) < 4.78 is 12.1. The summed E-state index contributed by atoms with van der Waals surface area (Å²) in [7, 11) is -3.12. The van der Waals surface area contributed by atoms with Crippen molar-refractivity contribution in [1.82, 2.24) is 5.16 Å². The van der Waals surface area contributed by atoms with Crippen LogP contribution in [0.2, 0.25) is 5.04 Å². The quantitative estimate of drug-likeness (QED) is 0.123. The fourth-order valence-electron chi connectivity index (χ4n) is 8.13. The van der Waals surface area contributed by atoms with Crippen molar-refractivity contribution in [3.8, 4) is 0 Å². The molecule has 1 atom stereocenters. The maximum atomic E-state index is 13.3. The Kier molecular flexibility index (Phi) is 11.2. The Balaban J connectivity index is 1.37. The second-order valence-electron chi connectivity index (χ2n) is 16.3. The number of carbonyl (C=O) groups excluding carboxylic acids is 1. The van der Waals surface area contributed by atoms with Gasteiger partial charge >= 0.3 is 5.97 Å². The first-order chi connectivity index (χ1) is 22.4. The lowest BCUT2D eigenvalue weighted by Crippen LogP contribution is -2.65. The largest absolute Gasteiger partial charge is 0.460 e. The first-order valence-electron chi connectivity index (χ1n) is 18.4. The maximum Gasteiger partial charge on any atom is 0.306 e. The number of esters is 1. The maximum absolute atomic E-state index is 13.3. The number of rotatable bonds is 16. The van der Waals surface area contributed by atoms with Crippen LogP contribution in [0.3, 0.4) is 0 Å². The van der Waals surface area contributed by atoms with Crippen molar-refractivity contribution in [3.05, 3.63) is 77.7 Å². The van der Waals surface area contributed by atoms with Gasteiger partial charge in [0.1, 0.15) is 11.4 Å². The minimum absolute atomic E-state index is 0.0719. The zero-order valence-corrected chi connectivity index (χ0v) is 31.1. The van der Waals surface area contributed by atoms with Gasteiger partial charge in [0, 0.05) is 17.4 Å². The number of nitrogens with zero attached hydrogens (tertiary/aromatic N) is 1. The topological polar surface area (TPSA) is 72.6 Å². The predicted molar refractivity (Wildman–Crippen MR) is 194 cm³/mol. The molecule has 0 spiro atoms. The molecule has 256 valence electrons. The Morgan fingerprint density at radius 3 is 2.02 bits per heavy atom. The van der Waals surface area contributed by atoms with Gasteiger partial charge in [-0.05, 0) is 98.9 Å². The van der Waals surface area contributed by atoms with Crippen LogP contribution in [0.5, 0.6) is 0 Å². The third-order valence-corrected chi connectivity index (χ3v) is 15.7. The number of benzene rings is 2. The van der Waals surface area contributed by atoms with E-state index in [0.717, 1.165) is 52.9 Å². The lowest BCUT2D eigenvalue weighted by Gasteiger charge is -2.41. The second-order valence-corrected chi connectivity index (χ2v) is 20.2. The Morgan fingerprint density at radius 2 is 1.51 bits per heavy atom. The molecule has 1 heterocycles. The molecular formula is C41H59NO4Si. The van der Waals surface area contributed by atoms with Crippen LogP contribution in [-0.2, 0) is 9.53 Å². The number of carbonyl (C=O) groups is 1. The summed E-state index contributed by atoms with van der Waals surface area (Å²) in [6.45, 7) is 14.9. The number of hydrogen-bond acceptors (Lipinski definition) is 5. The molecule has 2 fully saturated rings. The summed E-state index contributed by atoms with van der Waals surface area (Å²) in [6.07, 6.45) is 11.4. The third kappa shape index (κ3) is 8.30. The van der Waals surface area contributed by atoms with Gasteiger partial charge in [-0.15, -0.1) is 0 Å². The molecule has 2 aromatic carbocycles. The highest BCUT2D eigenvalue weighted by Crippen LogP contribution is 2.53. The Morgan fingerprint density at radius 1 is 0.936 bits per heavy atom. The molecule has 2 aliphatic rings. The van der Waals surface area contributed by atoms with E-state index in [4.69, 9.17) is 14.4 Å². The fourth-order valence-corrected chi connectivity index (χ4v) is 11.9. The third-order valence-electron chi connectivity index (χ3n) is 11.1. The van der Waals surface area contributed by atoms with Gasteiger partial charge in [0.05, 0.1) is 12.1 Å². The van der Waals surface area contributed by atoms with E-state index in [0.29, 0.717) is 18.3 Å². The van der Waals surface area contributed by atoms with E-state index >= 15 is 0 Å². The van der Waals surface area contributed by atoms with Gasteiger partial charge < -0.3 is 14.1 Å². The van der Waals surface area contributed by atoms with Crippen LogP contribution < -0.4 is 10.4 Å². The Labute approximate surface area is 285 Å². The molecule has 1 N–H and O–H groups in total. The summed E-state index contributed by atoms with van der Waals surface area (Å²) in [5.74, 6) is 3.40. The van der Waals surface area contributed by atoms with Crippen molar-refractivity contribution < 1.29 is 18.9 Å². The van der Waals surface area contributed by atoms with Gasteiger partial charge in [-0.25, -0.2) is 0 Å². The van der Waals surface area contributed by atoms with Gasteiger partial charge in [-0.1, -0.05) is 113 Å². The van der Waals surface area contributed by atoms with E-state index in [-0.39, 0.29) is 16.9 Å². The molecule has 2 aliphatic carbocycles. The molecule has 2 saturated carbocycles. The van der Waals surface area contributed by atoms with Crippen LogP contribution in [0.4, 0.5) is 0 Å². The summed E-state index contributed by atoms with van der Waals surface area (Å²) >= 11 is 0. The molecule has 0 aliphatic heterocycles. The van der Waals surface area contributed by atoms with E-state index in [2.05, 4.69) is 52.0 Å². The van der Waals surface area contributed by atoms with E-state index in [1.54, 1.807) is 0 Å². The van der Waals surface area contributed by atoms with E-state index in [9.17, 15) is 9.59 Å². The van der Waals surface area contributed by atoms with Crippen LogP contribution in [0, 0.1) is 11.8 Å². The summed E-state index contributed by atoms with van der Waals surface area (Å²) in [4.78, 5) is 26.0. The summed E-state index contributed by atoms with van der Waals surface area (Å²) in [5, 5.41) is 6.49. The molecule has 6 heteroatoms. The second kappa shape index (κ2) is 14.8. The van der Waals surface area contributed by atoms with Gasteiger partial charge in [-0.3, -0.25) is 4.79 Å². The molecule has 0 bridgehead atoms. The first-order valence-corrected chi connectivity index (χ1v) is 20.4. The highest BCUT2D eigenvalue weighted by Gasteiger charge is 2.50. The van der Waals surface area contributed by atoms with Crippen molar-refractivity contribution in [3.63, 3.8) is 0 Å². The average Bonchev–Trinajstić information content (AvgIpc) is 3.77. The lowest BCUT2D eigenvalue weighted by atomic mass is 9.68.